The van der Waals surface area contributed by atoms with E-state index in [0.29, 0.717) is 16.5 Å². The zero-order valence-electron chi connectivity index (χ0n) is 9.49. The van der Waals surface area contributed by atoms with Crippen molar-refractivity contribution in [2.75, 3.05) is 7.11 Å². The molecule has 0 aliphatic rings. The van der Waals surface area contributed by atoms with Gasteiger partial charge in [0.1, 0.15) is 12.1 Å². The topological polar surface area (TPSA) is 109 Å². The van der Waals surface area contributed by atoms with E-state index < -0.39 is 0 Å². The lowest BCUT2D eigenvalue weighted by Crippen LogP contribution is -2.14. The third-order valence-electron chi connectivity index (χ3n) is 2.17. The Hall–Kier alpha value is -2.22. The first-order chi connectivity index (χ1) is 8.74. The number of hydrogen-bond acceptors (Lipinski definition) is 6. The fourth-order valence-electron chi connectivity index (χ4n) is 1.33. The summed E-state index contributed by atoms with van der Waals surface area (Å²) in [6, 6.07) is 5.23. The Morgan fingerprint density at radius 3 is 3.00 bits per heavy atom. The lowest BCUT2D eigenvalue weighted by Gasteiger charge is -2.08. The van der Waals surface area contributed by atoms with Crippen molar-refractivity contribution >= 4 is 17.6 Å². The first-order valence-electron chi connectivity index (χ1n) is 4.93. The molecule has 0 bridgehead atoms. The van der Waals surface area contributed by atoms with Crippen molar-refractivity contribution in [2.24, 2.45) is 10.9 Å². The summed E-state index contributed by atoms with van der Waals surface area (Å²) in [6.45, 7) is 0. The van der Waals surface area contributed by atoms with Crippen LogP contribution < -0.4 is 10.5 Å². The van der Waals surface area contributed by atoms with Gasteiger partial charge in [0.2, 0.25) is 0 Å². The van der Waals surface area contributed by atoms with Crippen LogP contribution in [0, 0.1) is 0 Å². The number of nitrogens with zero attached hydrogens (tertiary/aromatic N) is 3. The van der Waals surface area contributed by atoms with Gasteiger partial charge < -0.3 is 15.7 Å². The molecule has 0 saturated carbocycles. The van der Waals surface area contributed by atoms with E-state index in [-0.39, 0.29) is 5.84 Å². The van der Waals surface area contributed by atoms with Gasteiger partial charge in [-0.15, -0.1) is 0 Å². The molecule has 7 nitrogen and oxygen atoms in total. The van der Waals surface area contributed by atoms with Gasteiger partial charge in [-0.05, 0) is 30.0 Å². The highest BCUT2D eigenvalue weighted by Gasteiger charge is 2.11. The van der Waals surface area contributed by atoms with Crippen LogP contribution in [0.2, 0.25) is 0 Å². The summed E-state index contributed by atoms with van der Waals surface area (Å²) < 4.78 is 5.14. The molecule has 1 heterocycles. The molecule has 1 aromatic heterocycles. The fraction of sp³-hybridized carbons (Fsp3) is 0.100. The predicted molar refractivity (Wildman–Crippen MR) is 66.0 cm³/mol. The summed E-state index contributed by atoms with van der Waals surface area (Å²) in [6.07, 6.45) is 1.41. The maximum atomic E-state index is 8.75. The van der Waals surface area contributed by atoms with Crippen LogP contribution in [0.1, 0.15) is 5.56 Å². The molecule has 2 aromatic rings. The Labute approximate surface area is 107 Å². The van der Waals surface area contributed by atoms with Gasteiger partial charge in [-0.1, -0.05) is 5.16 Å². The van der Waals surface area contributed by atoms with Gasteiger partial charge in [0, 0.05) is 10.5 Å². The SMILES string of the molecule is COc1ccc(/C(N)=N/O)c(Sc2ncn[nH]2)c1. The summed E-state index contributed by atoms with van der Waals surface area (Å²) in [4.78, 5) is 4.76. The van der Waals surface area contributed by atoms with Crippen molar-refractivity contribution in [1.82, 2.24) is 15.2 Å². The minimum atomic E-state index is 0.0275. The highest BCUT2D eigenvalue weighted by molar-refractivity contribution is 7.99. The average molecular weight is 265 g/mol. The van der Waals surface area contributed by atoms with E-state index in [4.69, 9.17) is 15.7 Å². The zero-order chi connectivity index (χ0) is 13.0. The van der Waals surface area contributed by atoms with Crippen molar-refractivity contribution in [3.8, 4) is 5.75 Å². The van der Waals surface area contributed by atoms with Gasteiger partial charge >= 0.3 is 0 Å². The standard InChI is InChI=1S/C10H11N5O2S/c1-17-6-2-3-7(9(11)15-16)8(4-6)18-10-12-5-13-14-10/h2-5,16H,1H3,(H2,11,15)(H,12,13,14). The second kappa shape index (κ2) is 5.41. The molecule has 1 aromatic carbocycles. The van der Waals surface area contributed by atoms with Gasteiger partial charge in [-0.3, -0.25) is 5.10 Å². The molecule has 0 unspecified atom stereocenters. The maximum absolute atomic E-state index is 8.75. The smallest absolute Gasteiger partial charge is 0.188 e. The van der Waals surface area contributed by atoms with E-state index in [1.54, 1.807) is 25.3 Å². The molecule has 0 aliphatic carbocycles. The third kappa shape index (κ3) is 2.54. The molecule has 0 aliphatic heterocycles. The molecular weight excluding hydrogens is 254 g/mol. The molecule has 0 radical (unpaired) electrons. The first-order valence-corrected chi connectivity index (χ1v) is 5.75. The van der Waals surface area contributed by atoms with Gasteiger partial charge in [0.25, 0.3) is 0 Å². The monoisotopic (exact) mass is 265 g/mol. The van der Waals surface area contributed by atoms with E-state index in [1.807, 2.05) is 0 Å². The van der Waals surface area contributed by atoms with E-state index in [1.165, 1.54) is 18.1 Å². The van der Waals surface area contributed by atoms with Crippen LogP contribution in [0.25, 0.3) is 0 Å². The second-order valence-corrected chi connectivity index (χ2v) is 4.27. The molecule has 8 heteroatoms. The number of oxime groups is 1. The summed E-state index contributed by atoms with van der Waals surface area (Å²) in [5, 5.41) is 18.8. The van der Waals surface area contributed by atoms with Crippen LogP contribution in [-0.4, -0.2) is 33.3 Å². The molecule has 0 atom stereocenters. The highest BCUT2D eigenvalue weighted by atomic mass is 32.2. The summed E-state index contributed by atoms with van der Waals surface area (Å²) in [7, 11) is 1.57. The van der Waals surface area contributed by atoms with Crippen molar-refractivity contribution < 1.29 is 9.94 Å². The van der Waals surface area contributed by atoms with Gasteiger partial charge in [0.15, 0.2) is 11.0 Å². The van der Waals surface area contributed by atoms with Crippen molar-refractivity contribution in [2.45, 2.75) is 10.1 Å². The predicted octanol–water partition coefficient (Wildman–Crippen LogP) is 1.06. The zero-order valence-corrected chi connectivity index (χ0v) is 10.3. The number of nitrogens with one attached hydrogen (secondary N) is 1. The Bertz CT molecular complexity index is 555. The fourth-order valence-corrected chi connectivity index (χ4v) is 2.19. The largest absolute Gasteiger partial charge is 0.497 e. The van der Waals surface area contributed by atoms with Crippen molar-refractivity contribution in [3.63, 3.8) is 0 Å². The number of amidine groups is 1. The van der Waals surface area contributed by atoms with Gasteiger partial charge in [0.05, 0.1) is 7.11 Å². The van der Waals surface area contributed by atoms with Crippen LogP contribution in [-0.2, 0) is 0 Å². The van der Waals surface area contributed by atoms with Crippen LogP contribution in [0.4, 0.5) is 0 Å². The summed E-state index contributed by atoms with van der Waals surface area (Å²) in [5.41, 5.74) is 6.21. The average Bonchev–Trinajstić information content (AvgIpc) is 2.90. The second-order valence-electron chi connectivity index (χ2n) is 3.24. The number of benzene rings is 1. The molecule has 0 spiro atoms. The number of methoxy groups -OCH3 is 1. The number of hydrogen-bond donors (Lipinski definition) is 3. The third-order valence-corrected chi connectivity index (χ3v) is 3.12. The van der Waals surface area contributed by atoms with E-state index in [9.17, 15) is 0 Å². The van der Waals surface area contributed by atoms with Crippen LogP contribution >= 0.6 is 11.8 Å². The van der Waals surface area contributed by atoms with Gasteiger partial charge in [-0.2, -0.15) is 5.10 Å². The molecule has 4 N–H and O–H groups in total. The quantitative estimate of drug-likeness (QED) is 0.330. The number of ether oxygens (including phenoxy) is 1. The molecular formula is C10H11N5O2S. The number of H-pyrrole nitrogens is 1. The Balaban J connectivity index is 2.41. The van der Waals surface area contributed by atoms with Crippen LogP contribution in [0.5, 0.6) is 5.75 Å². The Morgan fingerprint density at radius 1 is 1.56 bits per heavy atom. The maximum Gasteiger partial charge on any atom is 0.188 e. The Morgan fingerprint density at radius 2 is 2.39 bits per heavy atom. The Kier molecular flexibility index (Phi) is 3.68. The van der Waals surface area contributed by atoms with E-state index in [0.717, 1.165) is 4.90 Å². The van der Waals surface area contributed by atoms with Gasteiger partial charge in [-0.25, -0.2) is 4.98 Å². The lowest BCUT2D eigenvalue weighted by molar-refractivity contribution is 0.318. The molecule has 0 fully saturated rings. The minimum absolute atomic E-state index is 0.0275. The molecule has 18 heavy (non-hydrogen) atoms. The first kappa shape index (κ1) is 12.2. The molecule has 0 amide bonds. The number of aromatic amines is 1. The summed E-state index contributed by atoms with van der Waals surface area (Å²) >= 11 is 1.31. The normalized spacial score (nSPS) is 11.5. The van der Waals surface area contributed by atoms with Crippen molar-refractivity contribution in [1.29, 1.82) is 0 Å². The number of rotatable bonds is 4. The number of aromatic nitrogens is 3. The van der Waals surface area contributed by atoms with Crippen molar-refractivity contribution in [3.05, 3.63) is 30.1 Å². The number of nitrogens with two attached hydrogens (primary N) is 1. The van der Waals surface area contributed by atoms with E-state index in [2.05, 4.69) is 20.3 Å². The lowest BCUT2D eigenvalue weighted by atomic mass is 10.2. The molecule has 2 rings (SSSR count). The summed E-state index contributed by atoms with van der Waals surface area (Å²) in [5.74, 6) is 0.700. The van der Waals surface area contributed by atoms with Crippen LogP contribution in [0.3, 0.4) is 0 Å². The molecule has 0 saturated heterocycles. The van der Waals surface area contributed by atoms with E-state index >= 15 is 0 Å². The van der Waals surface area contributed by atoms with Crippen LogP contribution in [0.15, 0.2) is 39.7 Å². The minimum Gasteiger partial charge on any atom is -0.497 e. The highest BCUT2D eigenvalue weighted by Crippen LogP contribution is 2.30. The molecule has 94 valence electrons.